The molecule has 0 amide bonds. The van der Waals surface area contributed by atoms with Crippen molar-refractivity contribution in [1.29, 1.82) is 0 Å². The Bertz CT molecular complexity index is 308. The number of rotatable bonds is 4. The molecule has 0 radical (unpaired) electrons. The zero-order chi connectivity index (χ0) is 10.4. The van der Waals surface area contributed by atoms with Crippen LogP contribution in [0.5, 0.6) is 0 Å². The Balaban J connectivity index is 2.73. The van der Waals surface area contributed by atoms with E-state index in [4.69, 9.17) is 4.74 Å². The van der Waals surface area contributed by atoms with E-state index in [0.717, 1.165) is 5.56 Å². The molecule has 1 unspecified atom stereocenters. The summed E-state index contributed by atoms with van der Waals surface area (Å²) in [5.74, 6) is -0.265. The van der Waals surface area contributed by atoms with Crippen molar-refractivity contribution in [3.05, 3.63) is 48.6 Å². The van der Waals surface area contributed by atoms with E-state index in [0.29, 0.717) is 0 Å². The lowest BCUT2D eigenvalue weighted by atomic mass is 10.1. The van der Waals surface area contributed by atoms with Crippen LogP contribution in [0.4, 0.5) is 0 Å². The SMILES string of the molecule is C=CC(OC(=O)CS)c1ccccc1. The Morgan fingerprint density at radius 2 is 2.14 bits per heavy atom. The highest BCUT2D eigenvalue weighted by atomic mass is 32.1. The Morgan fingerprint density at radius 3 is 2.64 bits per heavy atom. The van der Waals surface area contributed by atoms with Crippen LogP contribution in [0.25, 0.3) is 0 Å². The molecule has 0 aromatic heterocycles. The van der Waals surface area contributed by atoms with Crippen LogP contribution in [0.1, 0.15) is 11.7 Å². The molecule has 1 rings (SSSR count). The standard InChI is InChI=1S/C11H12O2S/c1-2-10(13-11(12)8-14)9-6-4-3-5-7-9/h2-7,10,14H,1,8H2. The van der Waals surface area contributed by atoms with E-state index in [1.54, 1.807) is 6.08 Å². The van der Waals surface area contributed by atoms with Crippen LogP contribution < -0.4 is 0 Å². The highest BCUT2D eigenvalue weighted by Crippen LogP contribution is 2.17. The molecule has 1 aromatic carbocycles. The van der Waals surface area contributed by atoms with Crippen LogP contribution >= 0.6 is 12.6 Å². The van der Waals surface area contributed by atoms with E-state index in [1.165, 1.54) is 0 Å². The number of carbonyl (C=O) groups excluding carboxylic acids is 1. The van der Waals surface area contributed by atoms with Crippen molar-refractivity contribution in [2.45, 2.75) is 6.10 Å². The van der Waals surface area contributed by atoms with Gasteiger partial charge in [-0.15, -0.1) is 0 Å². The van der Waals surface area contributed by atoms with Crippen molar-refractivity contribution >= 4 is 18.6 Å². The number of benzene rings is 1. The molecule has 1 atom stereocenters. The lowest BCUT2D eigenvalue weighted by molar-refractivity contribution is -0.143. The fourth-order valence-electron chi connectivity index (χ4n) is 1.07. The second kappa shape index (κ2) is 5.50. The quantitative estimate of drug-likeness (QED) is 0.467. The number of esters is 1. The number of ether oxygens (including phenoxy) is 1. The van der Waals surface area contributed by atoms with Gasteiger partial charge in [-0.3, -0.25) is 4.79 Å². The number of hydrogen-bond donors (Lipinski definition) is 1. The average molecular weight is 208 g/mol. The molecule has 0 fully saturated rings. The first-order valence-corrected chi connectivity index (χ1v) is 4.89. The van der Waals surface area contributed by atoms with Gasteiger partial charge in [0.1, 0.15) is 6.10 Å². The Morgan fingerprint density at radius 1 is 1.50 bits per heavy atom. The van der Waals surface area contributed by atoms with Crippen LogP contribution in [0, 0.1) is 0 Å². The second-order valence-corrected chi connectivity index (χ2v) is 3.03. The van der Waals surface area contributed by atoms with Gasteiger partial charge in [-0.1, -0.05) is 36.9 Å². The summed E-state index contributed by atoms with van der Waals surface area (Å²) in [6.45, 7) is 3.62. The van der Waals surface area contributed by atoms with E-state index in [2.05, 4.69) is 19.2 Å². The van der Waals surface area contributed by atoms with Gasteiger partial charge >= 0.3 is 5.97 Å². The second-order valence-electron chi connectivity index (χ2n) is 2.71. The third-order valence-corrected chi connectivity index (χ3v) is 1.99. The molecule has 0 N–H and O–H groups in total. The van der Waals surface area contributed by atoms with Gasteiger partial charge in [0, 0.05) is 0 Å². The van der Waals surface area contributed by atoms with E-state index in [-0.39, 0.29) is 17.8 Å². The Kier molecular flexibility index (Phi) is 4.26. The summed E-state index contributed by atoms with van der Waals surface area (Å²) < 4.78 is 5.10. The molecule has 0 spiro atoms. The van der Waals surface area contributed by atoms with Gasteiger partial charge in [0.25, 0.3) is 0 Å². The number of hydrogen-bond acceptors (Lipinski definition) is 3. The summed E-state index contributed by atoms with van der Waals surface area (Å²) in [7, 11) is 0. The van der Waals surface area contributed by atoms with Crippen molar-refractivity contribution in [3.8, 4) is 0 Å². The highest BCUT2D eigenvalue weighted by molar-refractivity contribution is 7.81. The predicted octanol–water partition coefficient (Wildman–Crippen LogP) is 2.39. The van der Waals surface area contributed by atoms with Gasteiger partial charge < -0.3 is 4.74 Å². The molecule has 0 saturated heterocycles. The summed E-state index contributed by atoms with van der Waals surface area (Å²) in [4.78, 5) is 11.0. The minimum atomic E-state index is -0.379. The van der Waals surface area contributed by atoms with Crippen LogP contribution in [0.3, 0.4) is 0 Å². The number of thiol groups is 1. The minimum Gasteiger partial charge on any atom is -0.453 e. The maximum atomic E-state index is 11.0. The topological polar surface area (TPSA) is 26.3 Å². The van der Waals surface area contributed by atoms with Gasteiger partial charge in [-0.2, -0.15) is 12.6 Å². The van der Waals surface area contributed by atoms with Crippen molar-refractivity contribution in [1.82, 2.24) is 0 Å². The molecule has 0 heterocycles. The molecule has 0 aliphatic rings. The summed E-state index contributed by atoms with van der Waals surface area (Å²) in [5, 5.41) is 0. The molecule has 1 aromatic rings. The fourth-order valence-corrected chi connectivity index (χ4v) is 1.15. The largest absolute Gasteiger partial charge is 0.453 e. The molecule has 0 bridgehead atoms. The third kappa shape index (κ3) is 2.92. The van der Waals surface area contributed by atoms with Crippen LogP contribution in [0.15, 0.2) is 43.0 Å². The summed E-state index contributed by atoms with van der Waals surface area (Å²) in [5.41, 5.74) is 0.914. The van der Waals surface area contributed by atoms with Crippen LogP contribution in [0.2, 0.25) is 0 Å². The monoisotopic (exact) mass is 208 g/mol. The molecule has 2 nitrogen and oxygen atoms in total. The fraction of sp³-hybridized carbons (Fsp3) is 0.182. The van der Waals surface area contributed by atoms with E-state index < -0.39 is 0 Å². The molecular formula is C11H12O2S. The van der Waals surface area contributed by atoms with Gasteiger partial charge in [-0.05, 0) is 11.6 Å². The van der Waals surface area contributed by atoms with E-state index in [1.807, 2.05) is 30.3 Å². The maximum absolute atomic E-state index is 11.0. The molecule has 0 saturated carbocycles. The first-order valence-electron chi connectivity index (χ1n) is 4.25. The number of carbonyl (C=O) groups is 1. The molecule has 3 heteroatoms. The maximum Gasteiger partial charge on any atom is 0.316 e. The minimum absolute atomic E-state index is 0.0805. The molecule has 14 heavy (non-hydrogen) atoms. The first-order chi connectivity index (χ1) is 6.77. The first kappa shape index (κ1) is 10.9. The van der Waals surface area contributed by atoms with E-state index in [9.17, 15) is 4.79 Å². The van der Waals surface area contributed by atoms with Crippen molar-refractivity contribution in [2.24, 2.45) is 0 Å². The lowest BCUT2D eigenvalue weighted by Crippen LogP contribution is -2.10. The average Bonchev–Trinajstić information content (AvgIpc) is 2.26. The third-order valence-electron chi connectivity index (χ3n) is 1.73. The summed E-state index contributed by atoms with van der Waals surface area (Å²) in [6, 6.07) is 9.46. The van der Waals surface area contributed by atoms with Crippen molar-refractivity contribution < 1.29 is 9.53 Å². The molecule has 0 aliphatic carbocycles. The molecule has 0 aliphatic heterocycles. The highest BCUT2D eigenvalue weighted by Gasteiger charge is 2.10. The summed E-state index contributed by atoms with van der Waals surface area (Å²) in [6.07, 6.45) is 1.22. The van der Waals surface area contributed by atoms with Crippen molar-refractivity contribution in [2.75, 3.05) is 5.75 Å². The summed E-state index contributed by atoms with van der Waals surface area (Å²) >= 11 is 3.83. The van der Waals surface area contributed by atoms with Gasteiger partial charge in [-0.25, -0.2) is 0 Å². The van der Waals surface area contributed by atoms with Crippen molar-refractivity contribution in [3.63, 3.8) is 0 Å². The van der Waals surface area contributed by atoms with Crippen LogP contribution in [-0.4, -0.2) is 11.7 Å². The van der Waals surface area contributed by atoms with Gasteiger partial charge in [0.05, 0.1) is 5.75 Å². The van der Waals surface area contributed by atoms with E-state index >= 15 is 0 Å². The van der Waals surface area contributed by atoms with Gasteiger partial charge in [0.2, 0.25) is 0 Å². The normalized spacial score (nSPS) is 11.8. The Hall–Kier alpha value is -1.22. The zero-order valence-corrected chi connectivity index (χ0v) is 8.61. The molecular weight excluding hydrogens is 196 g/mol. The Labute approximate surface area is 89.0 Å². The predicted molar refractivity (Wildman–Crippen MR) is 59.3 cm³/mol. The van der Waals surface area contributed by atoms with Gasteiger partial charge in [0.15, 0.2) is 0 Å². The zero-order valence-electron chi connectivity index (χ0n) is 7.72. The smallest absolute Gasteiger partial charge is 0.316 e. The lowest BCUT2D eigenvalue weighted by Gasteiger charge is -2.13. The van der Waals surface area contributed by atoms with Crippen LogP contribution in [-0.2, 0) is 9.53 Å². The molecule has 74 valence electrons.